The summed E-state index contributed by atoms with van der Waals surface area (Å²) in [6.45, 7) is 6.44. The summed E-state index contributed by atoms with van der Waals surface area (Å²) >= 11 is 0. The molecule has 0 bridgehead atoms. The van der Waals surface area contributed by atoms with Crippen LogP contribution in [0.5, 0.6) is 0 Å². The van der Waals surface area contributed by atoms with E-state index in [9.17, 15) is 14.7 Å². The van der Waals surface area contributed by atoms with Crippen molar-refractivity contribution >= 4 is 11.9 Å². The van der Waals surface area contributed by atoms with Crippen molar-refractivity contribution in [2.75, 3.05) is 6.61 Å². The Morgan fingerprint density at radius 1 is 1.48 bits per heavy atom. The van der Waals surface area contributed by atoms with E-state index in [1.54, 1.807) is 0 Å². The van der Waals surface area contributed by atoms with Crippen molar-refractivity contribution in [2.24, 2.45) is 17.1 Å². The lowest BCUT2D eigenvalue weighted by Gasteiger charge is -2.60. The summed E-state index contributed by atoms with van der Waals surface area (Å²) in [6.07, 6.45) is 2.82. The Morgan fingerprint density at radius 3 is 2.71 bits per heavy atom. The molecule has 1 aliphatic heterocycles. The summed E-state index contributed by atoms with van der Waals surface area (Å²) in [7, 11) is 0. The van der Waals surface area contributed by atoms with Crippen LogP contribution in [0.3, 0.4) is 0 Å². The van der Waals surface area contributed by atoms with Gasteiger partial charge in [0, 0.05) is 17.9 Å². The summed E-state index contributed by atoms with van der Waals surface area (Å²) in [5.74, 6) is -1.38. The van der Waals surface area contributed by atoms with Crippen LogP contribution in [0.4, 0.5) is 0 Å². The van der Waals surface area contributed by atoms with Crippen molar-refractivity contribution < 1.29 is 19.4 Å². The Labute approximate surface area is 125 Å². The van der Waals surface area contributed by atoms with Gasteiger partial charge in [0.05, 0.1) is 6.10 Å². The van der Waals surface area contributed by atoms with Gasteiger partial charge in [-0.25, -0.2) is 4.79 Å². The molecule has 4 unspecified atom stereocenters. The van der Waals surface area contributed by atoms with Crippen LogP contribution in [0, 0.1) is 11.3 Å². The number of nitrogens with one attached hydrogen (secondary N) is 1. The zero-order valence-electron chi connectivity index (χ0n) is 13.0. The highest BCUT2D eigenvalue weighted by molar-refractivity contribution is 5.92. The molecular weight excluding hydrogens is 272 g/mol. The second-order valence-corrected chi connectivity index (χ2v) is 6.78. The minimum Gasteiger partial charge on any atom is -0.480 e. The highest BCUT2D eigenvalue weighted by atomic mass is 16.5. The molecule has 1 saturated carbocycles. The van der Waals surface area contributed by atoms with Crippen molar-refractivity contribution in [2.45, 2.75) is 64.1 Å². The van der Waals surface area contributed by atoms with Gasteiger partial charge in [-0.2, -0.15) is 0 Å². The van der Waals surface area contributed by atoms with Gasteiger partial charge in [-0.3, -0.25) is 4.79 Å². The molecule has 0 aromatic rings. The fraction of sp³-hybridized carbons (Fsp3) is 0.867. The first-order chi connectivity index (χ1) is 9.76. The van der Waals surface area contributed by atoms with Gasteiger partial charge in [-0.15, -0.1) is 0 Å². The fourth-order valence-electron chi connectivity index (χ4n) is 3.79. The molecule has 0 radical (unpaired) electrons. The minimum absolute atomic E-state index is 0.00725. The maximum Gasteiger partial charge on any atom is 0.326 e. The van der Waals surface area contributed by atoms with Crippen molar-refractivity contribution in [3.8, 4) is 0 Å². The van der Waals surface area contributed by atoms with Gasteiger partial charge in [-0.1, -0.05) is 33.6 Å². The number of ether oxygens (including phenoxy) is 1. The lowest BCUT2D eigenvalue weighted by atomic mass is 9.48. The van der Waals surface area contributed by atoms with Gasteiger partial charge in [0.15, 0.2) is 0 Å². The third-order valence-electron chi connectivity index (χ3n) is 5.28. The number of carboxylic acids is 1. The number of amides is 1. The van der Waals surface area contributed by atoms with E-state index in [0.717, 1.165) is 19.3 Å². The fourth-order valence-corrected chi connectivity index (χ4v) is 3.79. The molecular formula is C15H26N2O4. The Hall–Kier alpha value is -1.14. The number of rotatable bonds is 6. The molecule has 6 nitrogen and oxygen atoms in total. The summed E-state index contributed by atoms with van der Waals surface area (Å²) in [6, 6.07) is -0.866. The molecule has 0 aromatic heterocycles. The number of hydrogen-bond donors (Lipinski definition) is 3. The molecule has 6 heteroatoms. The summed E-state index contributed by atoms with van der Waals surface area (Å²) < 4.78 is 5.65. The monoisotopic (exact) mass is 298 g/mol. The lowest BCUT2D eigenvalue weighted by Crippen LogP contribution is -2.80. The van der Waals surface area contributed by atoms with Crippen LogP contribution in [0.2, 0.25) is 0 Å². The highest BCUT2D eigenvalue weighted by Crippen LogP contribution is 2.58. The third-order valence-corrected chi connectivity index (χ3v) is 5.28. The molecule has 120 valence electrons. The molecule has 1 amide bonds. The number of carbonyl (C=O) groups excluding carboxylic acids is 1. The van der Waals surface area contributed by atoms with E-state index in [4.69, 9.17) is 10.5 Å². The van der Waals surface area contributed by atoms with Gasteiger partial charge in [0.1, 0.15) is 11.6 Å². The molecule has 2 fully saturated rings. The molecule has 2 aliphatic rings. The number of aliphatic carboxylic acids is 1. The van der Waals surface area contributed by atoms with Crippen LogP contribution in [-0.4, -0.2) is 41.3 Å². The van der Waals surface area contributed by atoms with E-state index in [2.05, 4.69) is 5.32 Å². The van der Waals surface area contributed by atoms with E-state index in [-0.39, 0.29) is 17.9 Å². The Balaban J connectivity index is 2.09. The van der Waals surface area contributed by atoms with E-state index in [0.29, 0.717) is 13.0 Å². The molecule has 1 aliphatic carbocycles. The summed E-state index contributed by atoms with van der Waals surface area (Å²) in [4.78, 5) is 23.9. The van der Waals surface area contributed by atoms with Crippen LogP contribution in [0.1, 0.15) is 46.5 Å². The average Bonchev–Trinajstić information content (AvgIpc) is 2.90. The van der Waals surface area contributed by atoms with Crippen LogP contribution in [0.15, 0.2) is 0 Å². The predicted molar refractivity (Wildman–Crippen MR) is 77.6 cm³/mol. The molecule has 21 heavy (non-hydrogen) atoms. The van der Waals surface area contributed by atoms with Gasteiger partial charge < -0.3 is 20.9 Å². The smallest absolute Gasteiger partial charge is 0.326 e. The molecule has 1 heterocycles. The summed E-state index contributed by atoms with van der Waals surface area (Å²) in [5, 5.41) is 11.9. The Kier molecular flexibility index (Phi) is 4.31. The number of nitrogens with two attached hydrogens (primary N) is 1. The van der Waals surface area contributed by atoms with Gasteiger partial charge in [0.2, 0.25) is 5.91 Å². The van der Waals surface area contributed by atoms with Gasteiger partial charge in [0.25, 0.3) is 0 Å². The standard InChI is InChI=1S/C15H26N2O4/c1-4-5-6-10(12(18)19)17-13(20)15(16)9-7-8-21-11(9)14(15,2)3/h9-11H,4-8,16H2,1-3H3,(H,17,20)(H,18,19). The molecule has 4 N–H and O–H groups in total. The SMILES string of the molecule is CCCCC(NC(=O)C1(N)C2CCOC2C1(C)C)C(=O)O. The predicted octanol–water partition coefficient (Wildman–Crippen LogP) is 0.888. The van der Waals surface area contributed by atoms with E-state index >= 15 is 0 Å². The second-order valence-electron chi connectivity index (χ2n) is 6.78. The number of carboxylic acid groups (broad SMARTS) is 1. The first kappa shape index (κ1) is 16.2. The average molecular weight is 298 g/mol. The van der Waals surface area contributed by atoms with Crippen LogP contribution in [0.25, 0.3) is 0 Å². The van der Waals surface area contributed by atoms with E-state index < -0.39 is 23.0 Å². The minimum atomic E-state index is -1.05. The molecule has 1 saturated heterocycles. The zero-order chi connectivity index (χ0) is 15.8. The number of fused-ring (bicyclic) bond motifs is 1. The third kappa shape index (κ3) is 2.34. The Morgan fingerprint density at radius 2 is 2.14 bits per heavy atom. The first-order valence-electron chi connectivity index (χ1n) is 7.71. The maximum absolute atomic E-state index is 12.6. The molecule has 4 atom stereocenters. The molecule has 0 spiro atoms. The normalized spacial score (nSPS) is 34.7. The lowest BCUT2D eigenvalue weighted by molar-refractivity contribution is -0.177. The second kappa shape index (κ2) is 5.57. The van der Waals surface area contributed by atoms with Crippen molar-refractivity contribution in [1.82, 2.24) is 5.32 Å². The van der Waals surface area contributed by atoms with E-state index in [1.807, 2.05) is 20.8 Å². The summed E-state index contributed by atoms with van der Waals surface area (Å²) in [5.41, 5.74) is 4.87. The van der Waals surface area contributed by atoms with Crippen LogP contribution < -0.4 is 11.1 Å². The quantitative estimate of drug-likeness (QED) is 0.676. The zero-order valence-corrected chi connectivity index (χ0v) is 13.0. The maximum atomic E-state index is 12.6. The topological polar surface area (TPSA) is 102 Å². The number of carbonyl (C=O) groups is 2. The number of unbranched alkanes of at least 4 members (excludes halogenated alkanes) is 1. The van der Waals surface area contributed by atoms with Crippen LogP contribution >= 0.6 is 0 Å². The van der Waals surface area contributed by atoms with Crippen molar-refractivity contribution in [3.63, 3.8) is 0 Å². The molecule has 0 aromatic carbocycles. The Bertz CT molecular complexity index is 437. The van der Waals surface area contributed by atoms with Crippen molar-refractivity contribution in [3.05, 3.63) is 0 Å². The van der Waals surface area contributed by atoms with Crippen molar-refractivity contribution in [1.29, 1.82) is 0 Å². The highest BCUT2D eigenvalue weighted by Gasteiger charge is 2.71. The van der Waals surface area contributed by atoms with Gasteiger partial charge >= 0.3 is 5.97 Å². The van der Waals surface area contributed by atoms with Gasteiger partial charge in [-0.05, 0) is 12.8 Å². The first-order valence-corrected chi connectivity index (χ1v) is 7.71. The molecule has 2 rings (SSSR count). The van der Waals surface area contributed by atoms with Crippen LogP contribution in [-0.2, 0) is 14.3 Å². The number of hydrogen-bond acceptors (Lipinski definition) is 4. The largest absolute Gasteiger partial charge is 0.480 e. The van der Waals surface area contributed by atoms with E-state index in [1.165, 1.54) is 0 Å².